The summed E-state index contributed by atoms with van der Waals surface area (Å²) in [5, 5.41) is 2.98. The van der Waals surface area contributed by atoms with Crippen LogP contribution < -0.4 is 5.32 Å². The summed E-state index contributed by atoms with van der Waals surface area (Å²) in [6.45, 7) is 0.0400. The van der Waals surface area contributed by atoms with E-state index in [0.29, 0.717) is 15.1 Å². The zero-order valence-electron chi connectivity index (χ0n) is 10.5. The third-order valence-electron chi connectivity index (χ3n) is 2.37. The average Bonchev–Trinajstić information content (AvgIpc) is 2.31. The van der Waals surface area contributed by atoms with Gasteiger partial charge < -0.3 is 5.32 Å². The molecular weight excluding hydrogens is 356 g/mol. The number of sulfonamides is 1. The monoisotopic (exact) mass is 368 g/mol. The number of halogens is 2. The molecule has 0 aliphatic carbocycles. The summed E-state index contributed by atoms with van der Waals surface area (Å²) in [5.41, 5.74) is 0.370. The Hall–Kier alpha value is -0.630. The minimum absolute atomic E-state index is 0.0400. The van der Waals surface area contributed by atoms with Crippen molar-refractivity contribution >= 4 is 43.5 Å². The van der Waals surface area contributed by atoms with E-state index in [0.717, 1.165) is 4.31 Å². The maximum absolute atomic E-state index is 11.9. The van der Waals surface area contributed by atoms with E-state index in [1.807, 2.05) is 0 Å². The minimum Gasteiger partial charge on any atom is -0.351 e. The first-order valence-electron chi connectivity index (χ1n) is 5.37. The number of rotatable bonds is 5. The fraction of sp³-hybridized carbons (Fsp3) is 0.364. The maximum atomic E-state index is 11.9. The Bertz CT molecular complexity index is 575. The fourth-order valence-corrected chi connectivity index (χ4v) is 2.57. The van der Waals surface area contributed by atoms with Crippen LogP contribution in [-0.2, 0) is 10.0 Å². The second-order valence-corrected chi connectivity index (χ2v) is 7.57. The van der Waals surface area contributed by atoms with Gasteiger partial charge in [0.1, 0.15) is 0 Å². The van der Waals surface area contributed by atoms with Gasteiger partial charge in [-0.3, -0.25) is 4.79 Å². The Morgan fingerprint density at radius 3 is 2.63 bits per heavy atom. The molecule has 106 valence electrons. The molecule has 0 aromatic heterocycles. The van der Waals surface area contributed by atoms with Gasteiger partial charge in [0, 0.05) is 30.1 Å². The summed E-state index contributed by atoms with van der Waals surface area (Å²) in [6, 6.07) is 4.83. The van der Waals surface area contributed by atoms with Gasteiger partial charge in [-0.05, 0) is 34.1 Å². The van der Waals surface area contributed by atoms with Crippen LogP contribution in [0.2, 0.25) is 5.02 Å². The molecule has 1 N–H and O–H groups in total. The van der Waals surface area contributed by atoms with Crippen molar-refractivity contribution in [1.82, 2.24) is 9.62 Å². The van der Waals surface area contributed by atoms with Gasteiger partial charge in [-0.25, -0.2) is 12.7 Å². The number of hydrogen-bond donors (Lipinski definition) is 1. The lowest BCUT2D eigenvalue weighted by atomic mass is 10.2. The maximum Gasteiger partial charge on any atom is 0.252 e. The number of nitrogens with one attached hydrogen (secondary N) is 1. The summed E-state index contributed by atoms with van der Waals surface area (Å²) in [5.74, 6) is -0.521. The molecule has 1 amide bonds. The van der Waals surface area contributed by atoms with Crippen molar-refractivity contribution < 1.29 is 13.2 Å². The lowest BCUT2D eigenvalue weighted by Crippen LogP contribution is -2.34. The van der Waals surface area contributed by atoms with Crippen LogP contribution in [0.5, 0.6) is 0 Å². The molecule has 0 spiro atoms. The molecule has 1 aromatic carbocycles. The van der Waals surface area contributed by atoms with Crippen LogP contribution in [0.1, 0.15) is 10.4 Å². The van der Waals surface area contributed by atoms with Gasteiger partial charge >= 0.3 is 0 Å². The van der Waals surface area contributed by atoms with Gasteiger partial charge in [0.05, 0.1) is 11.3 Å². The Morgan fingerprint density at radius 2 is 2.05 bits per heavy atom. The van der Waals surface area contributed by atoms with Gasteiger partial charge in [0.15, 0.2) is 0 Å². The zero-order valence-corrected chi connectivity index (χ0v) is 13.6. The zero-order chi connectivity index (χ0) is 14.6. The predicted octanol–water partition coefficient (Wildman–Crippen LogP) is 1.72. The highest BCUT2D eigenvalue weighted by atomic mass is 79.9. The number of carbonyl (C=O) groups is 1. The number of amides is 1. The average molecular weight is 370 g/mol. The molecule has 0 saturated heterocycles. The first-order valence-corrected chi connectivity index (χ1v) is 8.15. The van der Waals surface area contributed by atoms with Crippen LogP contribution in [0.4, 0.5) is 0 Å². The Kier molecular flexibility index (Phi) is 5.79. The van der Waals surface area contributed by atoms with Crippen molar-refractivity contribution in [2.24, 2.45) is 0 Å². The number of hydrogen-bond acceptors (Lipinski definition) is 3. The van der Waals surface area contributed by atoms with Crippen molar-refractivity contribution in [3.8, 4) is 0 Å². The van der Waals surface area contributed by atoms with Crippen LogP contribution >= 0.6 is 27.5 Å². The van der Waals surface area contributed by atoms with Gasteiger partial charge in [0.2, 0.25) is 10.0 Å². The molecule has 1 aromatic rings. The molecule has 0 radical (unpaired) electrons. The third-order valence-corrected chi connectivity index (χ3v) is 5.13. The molecule has 0 aliphatic rings. The van der Waals surface area contributed by atoms with Gasteiger partial charge in [-0.15, -0.1) is 0 Å². The van der Waals surface area contributed by atoms with Gasteiger partial charge in [-0.1, -0.05) is 11.6 Å². The smallest absolute Gasteiger partial charge is 0.252 e. The van der Waals surface area contributed by atoms with E-state index in [-0.39, 0.29) is 18.2 Å². The molecule has 0 fully saturated rings. The topological polar surface area (TPSA) is 66.5 Å². The summed E-state index contributed by atoms with van der Waals surface area (Å²) in [6.07, 6.45) is 0. The first-order chi connectivity index (χ1) is 8.74. The highest BCUT2D eigenvalue weighted by molar-refractivity contribution is 9.10. The quantitative estimate of drug-likeness (QED) is 0.859. The van der Waals surface area contributed by atoms with Crippen LogP contribution in [0.15, 0.2) is 22.7 Å². The standard InChI is InChI=1S/C11H14BrClN2O3S/c1-15(2)19(17,18)6-5-14-11(16)9-7-8(13)3-4-10(9)12/h3-4,7H,5-6H2,1-2H3,(H,14,16). The molecule has 0 atom stereocenters. The molecule has 0 heterocycles. The second kappa shape index (κ2) is 6.69. The van der Waals surface area contributed by atoms with Crippen LogP contribution in [-0.4, -0.2) is 45.0 Å². The Morgan fingerprint density at radius 1 is 1.42 bits per heavy atom. The van der Waals surface area contributed by atoms with Crippen molar-refractivity contribution in [2.45, 2.75) is 0 Å². The SMILES string of the molecule is CN(C)S(=O)(=O)CCNC(=O)c1cc(Cl)ccc1Br. The minimum atomic E-state index is -3.31. The molecule has 0 saturated carbocycles. The van der Waals surface area contributed by atoms with E-state index in [1.54, 1.807) is 12.1 Å². The largest absolute Gasteiger partial charge is 0.351 e. The van der Waals surface area contributed by atoms with Crippen molar-refractivity contribution in [3.63, 3.8) is 0 Å². The van der Waals surface area contributed by atoms with E-state index < -0.39 is 10.0 Å². The molecule has 0 aliphatic heterocycles. The molecule has 5 nitrogen and oxygen atoms in total. The number of nitrogens with zero attached hydrogens (tertiary/aromatic N) is 1. The van der Waals surface area contributed by atoms with Gasteiger partial charge in [-0.2, -0.15) is 0 Å². The summed E-state index contributed by atoms with van der Waals surface area (Å²) >= 11 is 9.05. The summed E-state index contributed by atoms with van der Waals surface area (Å²) in [7, 11) is -0.415. The highest BCUT2D eigenvalue weighted by Gasteiger charge is 2.15. The number of carbonyl (C=O) groups excluding carboxylic acids is 1. The normalized spacial score (nSPS) is 11.6. The van der Waals surface area contributed by atoms with Crippen molar-refractivity contribution in [3.05, 3.63) is 33.3 Å². The van der Waals surface area contributed by atoms with Gasteiger partial charge in [0.25, 0.3) is 5.91 Å². The fourth-order valence-electron chi connectivity index (χ4n) is 1.24. The molecule has 1 rings (SSSR count). The first kappa shape index (κ1) is 16.4. The molecule has 19 heavy (non-hydrogen) atoms. The van der Waals surface area contributed by atoms with Crippen LogP contribution in [0.25, 0.3) is 0 Å². The highest BCUT2D eigenvalue weighted by Crippen LogP contribution is 2.20. The molecule has 8 heteroatoms. The summed E-state index contributed by atoms with van der Waals surface area (Å²) in [4.78, 5) is 11.9. The lowest BCUT2D eigenvalue weighted by Gasteiger charge is -2.12. The van der Waals surface area contributed by atoms with E-state index in [2.05, 4.69) is 21.2 Å². The van der Waals surface area contributed by atoms with E-state index in [4.69, 9.17) is 11.6 Å². The van der Waals surface area contributed by atoms with Crippen molar-refractivity contribution in [1.29, 1.82) is 0 Å². The lowest BCUT2D eigenvalue weighted by molar-refractivity contribution is 0.0955. The third kappa shape index (κ3) is 4.76. The summed E-state index contributed by atoms with van der Waals surface area (Å²) < 4.78 is 24.7. The molecule has 0 bridgehead atoms. The van der Waals surface area contributed by atoms with Crippen molar-refractivity contribution in [2.75, 3.05) is 26.4 Å². The Labute approximate surface area is 126 Å². The van der Waals surface area contributed by atoms with Crippen LogP contribution in [0.3, 0.4) is 0 Å². The molecular formula is C11H14BrClN2O3S. The molecule has 0 unspecified atom stereocenters. The van der Waals surface area contributed by atoms with E-state index in [1.165, 1.54) is 20.2 Å². The van der Waals surface area contributed by atoms with E-state index >= 15 is 0 Å². The predicted molar refractivity (Wildman–Crippen MR) is 79.0 cm³/mol. The van der Waals surface area contributed by atoms with E-state index in [9.17, 15) is 13.2 Å². The number of benzene rings is 1. The Balaban J connectivity index is 2.64. The second-order valence-electron chi connectivity index (χ2n) is 3.98. The van der Waals surface area contributed by atoms with Crippen LogP contribution in [0, 0.1) is 0 Å².